The predicted octanol–water partition coefficient (Wildman–Crippen LogP) is 3.91. The summed E-state index contributed by atoms with van der Waals surface area (Å²) in [6, 6.07) is 11.6. The molecule has 0 saturated heterocycles. The molecule has 2 aromatic rings. The molecule has 0 spiro atoms. The van der Waals surface area contributed by atoms with Crippen molar-refractivity contribution in [2.75, 3.05) is 18.9 Å². The molecule has 0 heterocycles. The number of amides is 1. The van der Waals surface area contributed by atoms with Gasteiger partial charge in [0.05, 0.1) is 17.1 Å². The molecule has 2 aromatic carbocycles. The minimum atomic E-state index is -3.88. The van der Waals surface area contributed by atoms with Crippen LogP contribution in [0.15, 0.2) is 58.3 Å². The molecule has 5 nitrogen and oxygen atoms in total. The first-order valence-corrected chi connectivity index (χ1v) is 9.95. The topological polar surface area (TPSA) is 66.5 Å². The molecule has 0 atom stereocenters. The predicted molar refractivity (Wildman–Crippen MR) is 98.2 cm³/mol. The second kappa shape index (κ2) is 8.81. The first-order chi connectivity index (χ1) is 12.2. The average molecular weight is 421 g/mol. The molecule has 1 N–H and O–H groups in total. The van der Waals surface area contributed by atoms with Gasteiger partial charge < -0.3 is 5.32 Å². The lowest BCUT2D eigenvalue weighted by Gasteiger charge is -2.17. The first-order valence-electron chi connectivity index (χ1n) is 7.26. The van der Waals surface area contributed by atoms with Crippen molar-refractivity contribution in [2.45, 2.75) is 15.5 Å². The van der Waals surface area contributed by atoms with Gasteiger partial charge in [0.25, 0.3) is 5.76 Å². The maximum atomic E-state index is 12.6. The summed E-state index contributed by atoms with van der Waals surface area (Å²) in [6.45, 7) is -0.474. The Bertz CT molecular complexity index is 877. The van der Waals surface area contributed by atoms with E-state index in [1.165, 1.54) is 43.4 Å². The molecule has 0 bridgehead atoms. The fourth-order valence-corrected chi connectivity index (χ4v) is 3.88. The van der Waals surface area contributed by atoms with E-state index in [0.717, 1.165) is 4.31 Å². The summed E-state index contributed by atoms with van der Waals surface area (Å²) in [5, 5.41) is 2.85. The molecule has 0 fully saturated rings. The number of likely N-dealkylation sites (N-methyl/N-ethyl adjacent to an activating group) is 1. The van der Waals surface area contributed by atoms with Crippen LogP contribution >= 0.6 is 23.4 Å². The Morgan fingerprint density at radius 2 is 1.81 bits per heavy atom. The average Bonchev–Trinajstić information content (AvgIpc) is 2.56. The third-order valence-electron chi connectivity index (χ3n) is 3.27. The smallest absolute Gasteiger partial charge is 0.288 e. The van der Waals surface area contributed by atoms with Crippen molar-refractivity contribution in [3.05, 3.63) is 53.6 Å². The number of carbonyl (C=O) groups excluding carboxylic acids is 1. The van der Waals surface area contributed by atoms with E-state index in [9.17, 15) is 22.0 Å². The van der Waals surface area contributed by atoms with E-state index >= 15 is 0 Å². The highest BCUT2D eigenvalue weighted by molar-refractivity contribution is 7.99. The molecule has 10 heteroatoms. The number of carbonyl (C=O) groups is 1. The minimum Gasteiger partial charge on any atom is -0.324 e. The van der Waals surface area contributed by atoms with Crippen LogP contribution in [0, 0.1) is 0 Å². The lowest BCUT2D eigenvalue weighted by atomic mass is 10.3. The van der Waals surface area contributed by atoms with Crippen molar-refractivity contribution in [3.8, 4) is 0 Å². The number of alkyl halides is 2. The third-order valence-corrected chi connectivity index (χ3v) is 6.12. The zero-order chi connectivity index (χ0) is 19.3. The van der Waals surface area contributed by atoms with Crippen LogP contribution in [0.4, 0.5) is 14.5 Å². The molecule has 140 valence electrons. The van der Waals surface area contributed by atoms with Gasteiger partial charge in [0, 0.05) is 17.0 Å². The number of nitrogens with one attached hydrogen (secondary N) is 1. The van der Waals surface area contributed by atoms with Crippen molar-refractivity contribution < 1.29 is 22.0 Å². The fourth-order valence-electron chi connectivity index (χ4n) is 2.03. The standard InChI is InChI=1S/C16H15ClF2N2O3S2/c1-21(26(23,24)12-8-6-11(17)7-9-12)10-15(22)20-13-4-2-3-5-14(13)25-16(18)19/h2-9,16H,10H2,1H3,(H,20,22). The van der Waals surface area contributed by atoms with Crippen LogP contribution in [-0.2, 0) is 14.8 Å². The van der Waals surface area contributed by atoms with Crippen LogP contribution in [0.3, 0.4) is 0 Å². The molecular weight excluding hydrogens is 406 g/mol. The highest BCUT2D eigenvalue weighted by Crippen LogP contribution is 2.31. The summed E-state index contributed by atoms with van der Waals surface area (Å²) in [5.74, 6) is -3.28. The molecular formula is C16H15ClF2N2O3S2. The van der Waals surface area contributed by atoms with Crippen LogP contribution in [0.25, 0.3) is 0 Å². The number of anilines is 1. The number of para-hydroxylation sites is 1. The Kier molecular flexibility index (Phi) is 6.99. The summed E-state index contributed by atoms with van der Waals surface area (Å²) in [7, 11) is -2.63. The molecule has 0 aromatic heterocycles. The van der Waals surface area contributed by atoms with E-state index < -0.39 is 28.2 Å². The maximum Gasteiger partial charge on any atom is 0.288 e. The van der Waals surface area contributed by atoms with E-state index in [1.54, 1.807) is 12.1 Å². The number of hydrogen-bond acceptors (Lipinski definition) is 4. The fraction of sp³-hybridized carbons (Fsp3) is 0.188. The monoisotopic (exact) mass is 420 g/mol. The molecule has 0 aliphatic rings. The molecule has 0 radical (unpaired) electrons. The van der Waals surface area contributed by atoms with E-state index in [-0.39, 0.29) is 15.5 Å². The van der Waals surface area contributed by atoms with Gasteiger partial charge in [-0.1, -0.05) is 35.5 Å². The van der Waals surface area contributed by atoms with Gasteiger partial charge in [0.1, 0.15) is 0 Å². The number of benzene rings is 2. The minimum absolute atomic E-state index is 0.00847. The summed E-state index contributed by atoms with van der Waals surface area (Å²) >= 11 is 6.04. The number of halogens is 3. The maximum absolute atomic E-state index is 12.6. The molecule has 0 aliphatic heterocycles. The molecule has 0 saturated carbocycles. The van der Waals surface area contributed by atoms with E-state index in [4.69, 9.17) is 11.6 Å². The highest BCUT2D eigenvalue weighted by atomic mass is 35.5. The summed E-state index contributed by atoms with van der Waals surface area (Å²) < 4.78 is 50.9. The van der Waals surface area contributed by atoms with E-state index in [2.05, 4.69) is 5.32 Å². The number of hydrogen-bond donors (Lipinski definition) is 1. The van der Waals surface area contributed by atoms with Gasteiger partial charge in [0.2, 0.25) is 15.9 Å². The van der Waals surface area contributed by atoms with Gasteiger partial charge in [0.15, 0.2) is 0 Å². The Labute approximate surface area is 159 Å². The van der Waals surface area contributed by atoms with Crippen molar-refractivity contribution in [1.82, 2.24) is 4.31 Å². The third kappa shape index (κ3) is 5.41. The first kappa shape index (κ1) is 20.6. The van der Waals surface area contributed by atoms with Gasteiger partial charge in [-0.15, -0.1) is 0 Å². The van der Waals surface area contributed by atoms with Crippen LogP contribution < -0.4 is 5.32 Å². The van der Waals surface area contributed by atoms with Crippen LogP contribution in [0.1, 0.15) is 0 Å². The quantitative estimate of drug-likeness (QED) is 0.689. The van der Waals surface area contributed by atoms with E-state index in [1.807, 2.05) is 0 Å². The zero-order valence-corrected chi connectivity index (χ0v) is 15.9. The highest BCUT2D eigenvalue weighted by Gasteiger charge is 2.23. The van der Waals surface area contributed by atoms with E-state index in [0.29, 0.717) is 16.8 Å². The van der Waals surface area contributed by atoms with Crippen molar-refractivity contribution >= 4 is 45.0 Å². The Morgan fingerprint density at radius 3 is 2.42 bits per heavy atom. The second-order valence-electron chi connectivity index (χ2n) is 5.14. The number of thioether (sulfide) groups is 1. The Hall–Kier alpha value is -1.68. The Balaban J connectivity index is 2.09. The van der Waals surface area contributed by atoms with Crippen molar-refractivity contribution in [3.63, 3.8) is 0 Å². The van der Waals surface area contributed by atoms with Gasteiger partial charge in [-0.2, -0.15) is 13.1 Å². The lowest BCUT2D eigenvalue weighted by molar-refractivity contribution is -0.116. The largest absolute Gasteiger partial charge is 0.324 e. The normalized spacial score (nSPS) is 11.8. The van der Waals surface area contributed by atoms with Gasteiger partial charge in [-0.3, -0.25) is 4.79 Å². The van der Waals surface area contributed by atoms with Crippen molar-refractivity contribution in [1.29, 1.82) is 0 Å². The van der Waals surface area contributed by atoms with Crippen LogP contribution in [-0.4, -0.2) is 38.0 Å². The summed E-state index contributed by atoms with van der Waals surface area (Å²) in [6.07, 6.45) is 0. The molecule has 0 unspecified atom stereocenters. The second-order valence-corrected chi connectivity index (χ2v) is 8.65. The summed E-state index contributed by atoms with van der Waals surface area (Å²) in [5.41, 5.74) is 0.195. The van der Waals surface area contributed by atoms with Gasteiger partial charge >= 0.3 is 0 Å². The molecule has 2 rings (SSSR count). The van der Waals surface area contributed by atoms with Crippen LogP contribution in [0.5, 0.6) is 0 Å². The number of sulfonamides is 1. The van der Waals surface area contributed by atoms with Gasteiger partial charge in [-0.25, -0.2) is 8.42 Å². The number of nitrogens with zero attached hydrogens (tertiary/aromatic N) is 1. The summed E-state index contributed by atoms with van der Waals surface area (Å²) in [4.78, 5) is 12.3. The molecule has 0 aliphatic carbocycles. The van der Waals surface area contributed by atoms with Crippen molar-refractivity contribution in [2.24, 2.45) is 0 Å². The van der Waals surface area contributed by atoms with Gasteiger partial charge in [-0.05, 0) is 36.4 Å². The lowest BCUT2D eigenvalue weighted by Crippen LogP contribution is -2.35. The molecule has 26 heavy (non-hydrogen) atoms. The molecule has 1 amide bonds. The Morgan fingerprint density at radius 1 is 1.19 bits per heavy atom. The zero-order valence-electron chi connectivity index (χ0n) is 13.5. The SMILES string of the molecule is CN(CC(=O)Nc1ccccc1SC(F)F)S(=O)(=O)c1ccc(Cl)cc1. The van der Waals surface area contributed by atoms with Crippen LogP contribution in [0.2, 0.25) is 5.02 Å². The number of rotatable bonds is 7.